The SMILES string of the molecule is CC(C)NC(=O)[C@H](C)N(Cc1ccc(Cl)c(Cl)c1)C(=O)COc1ccc(C(C)C)cc1. The van der Waals surface area contributed by atoms with E-state index in [2.05, 4.69) is 19.2 Å². The average molecular weight is 465 g/mol. The van der Waals surface area contributed by atoms with Crippen LogP contribution in [0.1, 0.15) is 51.7 Å². The standard InChI is InChI=1S/C24H30Cl2N2O3/c1-15(2)19-7-9-20(10-8-19)31-14-23(29)28(17(5)24(30)27-16(3)4)13-18-6-11-21(25)22(26)12-18/h6-12,15-17H,13-14H2,1-5H3,(H,27,30)/t17-/m0/s1. The van der Waals surface area contributed by atoms with Crippen molar-refractivity contribution in [3.8, 4) is 5.75 Å². The Kier molecular flexibility index (Phi) is 9.20. The fraction of sp³-hybridized carbons (Fsp3) is 0.417. The smallest absolute Gasteiger partial charge is 0.261 e. The van der Waals surface area contributed by atoms with E-state index in [0.29, 0.717) is 21.7 Å². The summed E-state index contributed by atoms with van der Waals surface area (Å²) < 4.78 is 5.70. The first kappa shape index (κ1) is 25.0. The molecular formula is C24H30Cl2N2O3. The van der Waals surface area contributed by atoms with Gasteiger partial charge in [0.25, 0.3) is 5.91 Å². The molecule has 0 aliphatic heterocycles. The molecule has 5 nitrogen and oxygen atoms in total. The summed E-state index contributed by atoms with van der Waals surface area (Å²) in [5, 5.41) is 3.68. The third-order valence-electron chi connectivity index (χ3n) is 4.84. The van der Waals surface area contributed by atoms with Gasteiger partial charge in [0.05, 0.1) is 10.0 Å². The van der Waals surface area contributed by atoms with Gasteiger partial charge < -0.3 is 15.0 Å². The highest BCUT2D eigenvalue weighted by Gasteiger charge is 2.27. The highest BCUT2D eigenvalue weighted by molar-refractivity contribution is 6.42. The molecule has 2 aromatic carbocycles. The second kappa shape index (κ2) is 11.4. The number of nitrogens with one attached hydrogen (secondary N) is 1. The zero-order valence-corrected chi connectivity index (χ0v) is 20.1. The van der Waals surface area contributed by atoms with E-state index in [1.807, 2.05) is 38.1 Å². The molecule has 0 radical (unpaired) electrons. The first-order valence-corrected chi connectivity index (χ1v) is 11.1. The van der Waals surface area contributed by atoms with E-state index in [0.717, 1.165) is 5.56 Å². The van der Waals surface area contributed by atoms with Gasteiger partial charge in [-0.1, -0.05) is 55.2 Å². The molecule has 31 heavy (non-hydrogen) atoms. The summed E-state index contributed by atoms with van der Waals surface area (Å²) in [5.74, 6) is 0.485. The van der Waals surface area contributed by atoms with Crippen LogP contribution in [0.2, 0.25) is 10.0 Å². The minimum atomic E-state index is -0.684. The molecule has 1 N–H and O–H groups in total. The van der Waals surface area contributed by atoms with Crippen molar-refractivity contribution in [2.75, 3.05) is 6.61 Å². The number of ether oxygens (including phenoxy) is 1. The molecule has 2 rings (SSSR count). The number of carbonyl (C=O) groups is 2. The molecule has 0 aliphatic rings. The van der Waals surface area contributed by atoms with Gasteiger partial charge in [-0.05, 0) is 62.1 Å². The second-order valence-electron chi connectivity index (χ2n) is 8.12. The summed E-state index contributed by atoms with van der Waals surface area (Å²) in [5.41, 5.74) is 1.96. The lowest BCUT2D eigenvalue weighted by Crippen LogP contribution is -2.50. The molecule has 2 amide bonds. The summed E-state index contributed by atoms with van der Waals surface area (Å²) in [7, 11) is 0. The predicted molar refractivity (Wildman–Crippen MR) is 126 cm³/mol. The largest absolute Gasteiger partial charge is 0.484 e. The van der Waals surface area contributed by atoms with Gasteiger partial charge in [-0.3, -0.25) is 9.59 Å². The van der Waals surface area contributed by atoms with Crippen LogP contribution in [-0.2, 0) is 16.1 Å². The van der Waals surface area contributed by atoms with E-state index >= 15 is 0 Å². The quantitative estimate of drug-likeness (QED) is 0.537. The fourth-order valence-corrected chi connectivity index (χ4v) is 3.32. The van der Waals surface area contributed by atoms with Crippen LogP contribution in [0.25, 0.3) is 0 Å². The molecule has 2 aromatic rings. The molecular weight excluding hydrogens is 435 g/mol. The molecule has 0 saturated carbocycles. The van der Waals surface area contributed by atoms with Crippen LogP contribution in [-0.4, -0.2) is 35.4 Å². The maximum absolute atomic E-state index is 13.0. The van der Waals surface area contributed by atoms with Crippen molar-refractivity contribution in [3.63, 3.8) is 0 Å². The zero-order chi connectivity index (χ0) is 23.1. The summed E-state index contributed by atoms with van der Waals surface area (Å²) in [6.45, 7) is 9.71. The van der Waals surface area contributed by atoms with Crippen LogP contribution in [0.15, 0.2) is 42.5 Å². The van der Waals surface area contributed by atoms with Crippen molar-refractivity contribution < 1.29 is 14.3 Å². The van der Waals surface area contributed by atoms with Crippen molar-refractivity contribution in [2.45, 2.75) is 59.2 Å². The minimum absolute atomic E-state index is 0.0346. The molecule has 1 atom stereocenters. The van der Waals surface area contributed by atoms with Gasteiger partial charge in [-0.15, -0.1) is 0 Å². The molecule has 0 aliphatic carbocycles. The second-order valence-corrected chi connectivity index (χ2v) is 8.94. The Hall–Kier alpha value is -2.24. The number of carbonyl (C=O) groups excluding carboxylic acids is 2. The van der Waals surface area contributed by atoms with Gasteiger partial charge in [0.2, 0.25) is 5.91 Å². The molecule has 0 bridgehead atoms. The molecule has 7 heteroatoms. The average Bonchev–Trinajstić information content (AvgIpc) is 2.72. The van der Waals surface area contributed by atoms with E-state index in [1.54, 1.807) is 25.1 Å². The molecule has 168 valence electrons. The van der Waals surface area contributed by atoms with Crippen molar-refractivity contribution in [1.29, 1.82) is 0 Å². The van der Waals surface area contributed by atoms with Crippen LogP contribution in [0.3, 0.4) is 0 Å². The monoisotopic (exact) mass is 464 g/mol. The fourth-order valence-electron chi connectivity index (χ4n) is 3.00. The van der Waals surface area contributed by atoms with E-state index in [-0.39, 0.29) is 31.0 Å². The lowest BCUT2D eigenvalue weighted by Gasteiger charge is -2.29. The van der Waals surface area contributed by atoms with Gasteiger partial charge in [0.15, 0.2) is 6.61 Å². The van der Waals surface area contributed by atoms with Gasteiger partial charge in [-0.2, -0.15) is 0 Å². The van der Waals surface area contributed by atoms with Crippen LogP contribution >= 0.6 is 23.2 Å². The summed E-state index contributed by atoms with van der Waals surface area (Å²) in [6.07, 6.45) is 0. The topological polar surface area (TPSA) is 58.6 Å². The Bertz CT molecular complexity index is 898. The first-order valence-electron chi connectivity index (χ1n) is 10.3. The van der Waals surface area contributed by atoms with E-state index in [4.69, 9.17) is 27.9 Å². The van der Waals surface area contributed by atoms with Crippen molar-refractivity contribution in [3.05, 3.63) is 63.6 Å². The molecule has 0 fully saturated rings. The Morgan fingerprint density at radius 2 is 1.61 bits per heavy atom. The molecule has 0 heterocycles. The van der Waals surface area contributed by atoms with E-state index < -0.39 is 6.04 Å². The normalized spacial score (nSPS) is 12.0. The third-order valence-corrected chi connectivity index (χ3v) is 5.58. The third kappa shape index (κ3) is 7.44. The summed E-state index contributed by atoms with van der Waals surface area (Å²) in [4.78, 5) is 27.1. The van der Waals surface area contributed by atoms with E-state index in [1.165, 1.54) is 10.5 Å². The highest BCUT2D eigenvalue weighted by Crippen LogP contribution is 2.24. The number of rotatable bonds is 9. The van der Waals surface area contributed by atoms with Crippen molar-refractivity contribution in [1.82, 2.24) is 10.2 Å². The van der Waals surface area contributed by atoms with Crippen molar-refractivity contribution >= 4 is 35.0 Å². The van der Waals surface area contributed by atoms with Crippen LogP contribution in [0.4, 0.5) is 0 Å². The van der Waals surface area contributed by atoms with Crippen LogP contribution in [0.5, 0.6) is 5.75 Å². The molecule has 0 unspecified atom stereocenters. The van der Waals surface area contributed by atoms with Crippen LogP contribution in [0, 0.1) is 0 Å². The van der Waals surface area contributed by atoms with Gasteiger partial charge in [-0.25, -0.2) is 0 Å². The van der Waals surface area contributed by atoms with Gasteiger partial charge >= 0.3 is 0 Å². The lowest BCUT2D eigenvalue weighted by atomic mass is 10.0. The lowest BCUT2D eigenvalue weighted by molar-refractivity contribution is -0.142. The maximum atomic E-state index is 13.0. The van der Waals surface area contributed by atoms with Gasteiger partial charge in [0.1, 0.15) is 11.8 Å². The molecule has 0 aromatic heterocycles. The summed E-state index contributed by atoms with van der Waals surface area (Å²) in [6, 6.07) is 12.1. The van der Waals surface area contributed by atoms with Crippen LogP contribution < -0.4 is 10.1 Å². The Labute approximate surface area is 194 Å². The first-order chi connectivity index (χ1) is 14.6. The number of benzene rings is 2. The number of amides is 2. The van der Waals surface area contributed by atoms with Crippen molar-refractivity contribution in [2.24, 2.45) is 0 Å². The number of nitrogens with zero attached hydrogens (tertiary/aromatic N) is 1. The number of hydrogen-bond acceptors (Lipinski definition) is 3. The zero-order valence-electron chi connectivity index (χ0n) is 18.6. The Morgan fingerprint density at radius 3 is 2.16 bits per heavy atom. The minimum Gasteiger partial charge on any atom is -0.484 e. The summed E-state index contributed by atoms with van der Waals surface area (Å²) >= 11 is 12.1. The predicted octanol–water partition coefficient (Wildman–Crippen LogP) is 5.44. The highest BCUT2D eigenvalue weighted by atomic mass is 35.5. The van der Waals surface area contributed by atoms with Gasteiger partial charge in [0, 0.05) is 12.6 Å². The Balaban J connectivity index is 2.16. The van der Waals surface area contributed by atoms with E-state index in [9.17, 15) is 9.59 Å². The molecule has 0 saturated heterocycles. The number of hydrogen-bond donors (Lipinski definition) is 1. The Morgan fingerprint density at radius 1 is 0.968 bits per heavy atom. The molecule has 0 spiro atoms. The number of halogens is 2. The maximum Gasteiger partial charge on any atom is 0.261 e.